The van der Waals surface area contributed by atoms with Crippen molar-refractivity contribution in [2.45, 2.75) is 32.2 Å². The van der Waals surface area contributed by atoms with E-state index >= 15 is 0 Å². The SMILES string of the molecule is Cc1cc(CNC(=O)c2cn[nH]c2C2CCCNC2)cc(=O)[nH]1. The number of carbonyl (C=O) groups excluding carboxylic acids is 1. The number of nitrogens with zero attached hydrogens (tertiary/aromatic N) is 1. The van der Waals surface area contributed by atoms with Gasteiger partial charge in [0.05, 0.1) is 17.5 Å². The maximum atomic E-state index is 12.4. The minimum absolute atomic E-state index is 0.161. The van der Waals surface area contributed by atoms with Crippen LogP contribution in [0.2, 0.25) is 0 Å². The second-order valence-corrected chi connectivity index (χ2v) is 5.96. The first-order valence-corrected chi connectivity index (χ1v) is 7.85. The van der Waals surface area contributed by atoms with E-state index < -0.39 is 0 Å². The Balaban J connectivity index is 1.69. The van der Waals surface area contributed by atoms with Crippen LogP contribution in [0, 0.1) is 6.92 Å². The number of carbonyl (C=O) groups is 1. The zero-order chi connectivity index (χ0) is 16.2. The summed E-state index contributed by atoms with van der Waals surface area (Å²) in [4.78, 5) is 26.6. The summed E-state index contributed by atoms with van der Waals surface area (Å²) >= 11 is 0. The van der Waals surface area contributed by atoms with Crippen molar-refractivity contribution in [3.63, 3.8) is 0 Å². The highest BCUT2D eigenvalue weighted by Crippen LogP contribution is 2.24. The van der Waals surface area contributed by atoms with E-state index in [0.29, 0.717) is 12.1 Å². The van der Waals surface area contributed by atoms with Crippen molar-refractivity contribution in [1.82, 2.24) is 25.8 Å². The minimum atomic E-state index is -0.169. The van der Waals surface area contributed by atoms with Gasteiger partial charge in [0, 0.05) is 30.8 Å². The van der Waals surface area contributed by atoms with E-state index in [2.05, 4.69) is 25.8 Å². The van der Waals surface area contributed by atoms with Crippen molar-refractivity contribution in [1.29, 1.82) is 0 Å². The zero-order valence-electron chi connectivity index (χ0n) is 13.1. The molecule has 122 valence electrons. The Labute approximate surface area is 133 Å². The molecule has 0 spiro atoms. The Hall–Kier alpha value is -2.41. The summed E-state index contributed by atoms with van der Waals surface area (Å²) in [5, 5.41) is 13.2. The highest BCUT2D eigenvalue weighted by Gasteiger charge is 2.23. The predicted molar refractivity (Wildman–Crippen MR) is 86.4 cm³/mol. The number of aromatic nitrogens is 3. The van der Waals surface area contributed by atoms with Gasteiger partial charge in [-0.25, -0.2) is 0 Å². The molecule has 1 atom stereocenters. The lowest BCUT2D eigenvalue weighted by atomic mass is 9.93. The van der Waals surface area contributed by atoms with Gasteiger partial charge in [-0.2, -0.15) is 5.10 Å². The quantitative estimate of drug-likeness (QED) is 0.670. The molecule has 0 aliphatic carbocycles. The summed E-state index contributed by atoms with van der Waals surface area (Å²) in [5.41, 5.74) is 2.87. The first-order valence-electron chi connectivity index (χ1n) is 7.85. The standard InChI is InChI=1S/C16H21N5O2/c1-10-5-11(6-14(22)20-10)7-18-16(23)13-9-19-21-15(13)12-3-2-4-17-8-12/h5-6,9,12,17H,2-4,7-8H2,1H3,(H,18,23)(H,19,21)(H,20,22). The van der Waals surface area contributed by atoms with Crippen LogP contribution in [0.3, 0.4) is 0 Å². The van der Waals surface area contributed by atoms with Gasteiger partial charge in [0.15, 0.2) is 0 Å². The normalized spacial score (nSPS) is 17.9. The number of H-pyrrole nitrogens is 2. The lowest BCUT2D eigenvalue weighted by Crippen LogP contribution is -2.31. The third-order valence-electron chi connectivity index (χ3n) is 4.11. The highest BCUT2D eigenvalue weighted by atomic mass is 16.1. The average molecular weight is 315 g/mol. The van der Waals surface area contributed by atoms with Crippen molar-refractivity contribution in [2.75, 3.05) is 13.1 Å². The van der Waals surface area contributed by atoms with Crippen LogP contribution in [-0.2, 0) is 6.54 Å². The molecule has 7 nitrogen and oxygen atoms in total. The molecule has 1 aliphatic heterocycles. The summed E-state index contributed by atoms with van der Waals surface area (Å²) in [7, 11) is 0. The van der Waals surface area contributed by atoms with Crippen molar-refractivity contribution in [3.8, 4) is 0 Å². The molecular formula is C16H21N5O2. The van der Waals surface area contributed by atoms with Crippen LogP contribution in [0.15, 0.2) is 23.1 Å². The number of hydrogen-bond donors (Lipinski definition) is 4. The molecule has 1 unspecified atom stereocenters. The molecule has 0 aromatic carbocycles. The summed E-state index contributed by atoms with van der Waals surface area (Å²) in [6, 6.07) is 3.34. The molecule has 1 amide bonds. The van der Waals surface area contributed by atoms with Gasteiger partial charge >= 0.3 is 0 Å². The summed E-state index contributed by atoms with van der Waals surface area (Å²) < 4.78 is 0. The van der Waals surface area contributed by atoms with E-state index in [-0.39, 0.29) is 17.4 Å². The first-order chi connectivity index (χ1) is 11.1. The van der Waals surface area contributed by atoms with Crippen LogP contribution >= 0.6 is 0 Å². The van der Waals surface area contributed by atoms with Crippen LogP contribution in [0.4, 0.5) is 0 Å². The Morgan fingerprint density at radius 2 is 2.30 bits per heavy atom. The Bertz CT molecular complexity index is 743. The van der Waals surface area contributed by atoms with Crippen LogP contribution in [0.25, 0.3) is 0 Å². The number of hydrogen-bond acceptors (Lipinski definition) is 4. The summed E-state index contributed by atoms with van der Waals surface area (Å²) in [6.07, 6.45) is 3.71. The first kappa shape index (κ1) is 15.5. The van der Waals surface area contributed by atoms with Gasteiger partial charge in [0.1, 0.15) is 0 Å². The van der Waals surface area contributed by atoms with Crippen molar-refractivity contribution < 1.29 is 4.79 Å². The van der Waals surface area contributed by atoms with Gasteiger partial charge in [-0.3, -0.25) is 14.7 Å². The van der Waals surface area contributed by atoms with Gasteiger partial charge in [-0.05, 0) is 37.9 Å². The Morgan fingerprint density at radius 3 is 3.04 bits per heavy atom. The van der Waals surface area contributed by atoms with E-state index in [1.165, 1.54) is 6.07 Å². The summed E-state index contributed by atoms with van der Waals surface area (Å²) in [6.45, 7) is 4.01. The molecule has 2 aromatic heterocycles. The van der Waals surface area contributed by atoms with Gasteiger partial charge < -0.3 is 15.6 Å². The van der Waals surface area contributed by atoms with Crippen molar-refractivity contribution in [2.24, 2.45) is 0 Å². The number of nitrogens with one attached hydrogen (secondary N) is 4. The predicted octanol–water partition coefficient (Wildman–Crippen LogP) is 0.803. The Kier molecular flexibility index (Phi) is 4.57. The second kappa shape index (κ2) is 6.78. The molecule has 3 heterocycles. The molecule has 0 radical (unpaired) electrons. The zero-order valence-corrected chi connectivity index (χ0v) is 13.1. The monoisotopic (exact) mass is 315 g/mol. The molecule has 4 N–H and O–H groups in total. The van der Waals surface area contributed by atoms with Crippen LogP contribution < -0.4 is 16.2 Å². The fourth-order valence-electron chi connectivity index (χ4n) is 3.02. The van der Waals surface area contributed by atoms with E-state index in [0.717, 1.165) is 42.9 Å². The van der Waals surface area contributed by atoms with Crippen molar-refractivity contribution >= 4 is 5.91 Å². The smallest absolute Gasteiger partial charge is 0.255 e. The van der Waals surface area contributed by atoms with Gasteiger partial charge in [-0.15, -0.1) is 0 Å². The van der Waals surface area contributed by atoms with Crippen LogP contribution in [-0.4, -0.2) is 34.2 Å². The van der Waals surface area contributed by atoms with Gasteiger partial charge in [0.2, 0.25) is 5.56 Å². The van der Waals surface area contributed by atoms with E-state index in [9.17, 15) is 9.59 Å². The molecule has 0 saturated carbocycles. The molecule has 3 rings (SSSR count). The van der Waals surface area contributed by atoms with Crippen LogP contribution in [0.1, 0.15) is 46.1 Å². The highest BCUT2D eigenvalue weighted by molar-refractivity contribution is 5.95. The maximum absolute atomic E-state index is 12.4. The lowest BCUT2D eigenvalue weighted by molar-refractivity contribution is 0.0949. The number of amides is 1. The summed E-state index contributed by atoms with van der Waals surface area (Å²) in [5.74, 6) is 0.117. The van der Waals surface area contributed by atoms with E-state index in [1.807, 2.05) is 13.0 Å². The molecule has 1 aliphatic rings. The minimum Gasteiger partial charge on any atom is -0.348 e. The molecule has 0 bridgehead atoms. The molecule has 23 heavy (non-hydrogen) atoms. The molecule has 2 aromatic rings. The third kappa shape index (κ3) is 3.68. The molecule has 1 saturated heterocycles. The topological polar surface area (TPSA) is 103 Å². The number of aromatic amines is 2. The lowest BCUT2D eigenvalue weighted by Gasteiger charge is -2.22. The number of piperidine rings is 1. The largest absolute Gasteiger partial charge is 0.348 e. The fraction of sp³-hybridized carbons (Fsp3) is 0.438. The van der Waals surface area contributed by atoms with Gasteiger partial charge in [-0.1, -0.05) is 0 Å². The Morgan fingerprint density at radius 1 is 1.43 bits per heavy atom. The number of pyridine rings is 1. The average Bonchev–Trinajstić information content (AvgIpc) is 3.02. The number of aryl methyl sites for hydroxylation is 1. The van der Waals surface area contributed by atoms with E-state index in [4.69, 9.17) is 0 Å². The maximum Gasteiger partial charge on any atom is 0.255 e. The van der Waals surface area contributed by atoms with E-state index in [1.54, 1.807) is 6.20 Å². The third-order valence-corrected chi connectivity index (χ3v) is 4.11. The van der Waals surface area contributed by atoms with Crippen molar-refractivity contribution in [3.05, 3.63) is 51.2 Å². The second-order valence-electron chi connectivity index (χ2n) is 5.96. The number of rotatable bonds is 4. The van der Waals surface area contributed by atoms with Crippen LogP contribution in [0.5, 0.6) is 0 Å². The molecule has 1 fully saturated rings. The fourth-order valence-corrected chi connectivity index (χ4v) is 3.02. The molecule has 7 heteroatoms. The van der Waals surface area contributed by atoms with Gasteiger partial charge in [0.25, 0.3) is 5.91 Å². The molecular weight excluding hydrogens is 294 g/mol.